The third kappa shape index (κ3) is 5.88. The van der Waals surface area contributed by atoms with Crippen molar-refractivity contribution in [3.05, 3.63) is 61.4 Å². The van der Waals surface area contributed by atoms with E-state index in [0.717, 1.165) is 11.5 Å². The molecule has 0 unspecified atom stereocenters. The Labute approximate surface area is 221 Å². The zero-order chi connectivity index (χ0) is 21.2. The first-order valence-corrected chi connectivity index (χ1v) is 13.6. The van der Waals surface area contributed by atoms with E-state index < -0.39 is 0 Å². The topological polar surface area (TPSA) is 0 Å². The van der Waals surface area contributed by atoms with Crippen LogP contribution >= 0.6 is 138 Å². The highest BCUT2D eigenvalue weighted by molar-refractivity contribution is 8.76. The third-order valence-corrected chi connectivity index (χ3v) is 10.7. The van der Waals surface area contributed by atoms with Crippen molar-refractivity contribution >= 4 is 138 Å². The maximum absolute atomic E-state index is 6.23. The molecule has 0 N–H and O–H groups in total. The zero-order valence-corrected chi connectivity index (χ0v) is 22.6. The lowest BCUT2D eigenvalue weighted by atomic mass is 10.1. The summed E-state index contributed by atoms with van der Waals surface area (Å²) >= 11 is 61.2. The highest BCUT2D eigenvalue weighted by Crippen LogP contribution is 2.46. The molecule has 0 saturated heterocycles. The van der Waals surface area contributed by atoms with Gasteiger partial charge in [0.05, 0.1) is 50.2 Å². The van der Waals surface area contributed by atoms with Gasteiger partial charge in [-0.15, -0.1) is 0 Å². The van der Waals surface area contributed by atoms with E-state index in [4.69, 9.17) is 116 Å². The molecule has 28 heavy (non-hydrogen) atoms. The second kappa shape index (κ2) is 11.8. The summed E-state index contributed by atoms with van der Waals surface area (Å²) in [6.07, 6.45) is 1.15. The summed E-state index contributed by atoms with van der Waals surface area (Å²) in [6, 6.07) is 0. The van der Waals surface area contributed by atoms with Crippen LogP contribution in [0.25, 0.3) is 0 Å². The van der Waals surface area contributed by atoms with E-state index in [0.29, 0.717) is 44.1 Å². The minimum absolute atomic E-state index is 0.151. The van der Waals surface area contributed by atoms with Crippen molar-refractivity contribution in [3.8, 4) is 0 Å². The zero-order valence-electron chi connectivity index (χ0n) is 13.4. The Bertz CT molecular complexity index is 768. The molecule has 0 aliphatic carbocycles. The number of hydrogen-bond donors (Lipinski definition) is 0. The van der Waals surface area contributed by atoms with E-state index in [1.807, 2.05) is 0 Å². The van der Waals surface area contributed by atoms with Crippen molar-refractivity contribution in [1.82, 2.24) is 0 Å². The van der Waals surface area contributed by atoms with Crippen LogP contribution in [0.4, 0.5) is 0 Å². The highest BCUT2D eigenvalue weighted by atomic mass is 35.5. The minimum atomic E-state index is 0.151. The summed E-state index contributed by atoms with van der Waals surface area (Å²) in [7, 11) is 3.25. The second-order valence-corrected chi connectivity index (χ2v) is 11.7. The van der Waals surface area contributed by atoms with E-state index >= 15 is 0 Å². The molecule has 0 radical (unpaired) electrons. The number of benzene rings is 2. The molecule has 0 nitrogen and oxygen atoms in total. The van der Waals surface area contributed by atoms with Crippen LogP contribution in [-0.2, 0) is 12.8 Å². The molecule has 0 amide bonds. The van der Waals surface area contributed by atoms with Gasteiger partial charge in [-0.2, -0.15) is 0 Å². The number of rotatable bonds is 7. The Kier molecular flexibility index (Phi) is 11.1. The minimum Gasteiger partial charge on any atom is -0.0938 e. The SMILES string of the molecule is Clc1c(Cl)c(Cl)c(CCSSCCc2c(Cl)c(Cl)c(Cl)c(Cl)c2Cl)c(Cl)c1Cl. The van der Waals surface area contributed by atoms with Gasteiger partial charge in [0.25, 0.3) is 0 Å². The molecule has 0 atom stereocenters. The van der Waals surface area contributed by atoms with E-state index in [9.17, 15) is 0 Å². The Morgan fingerprint density at radius 1 is 0.357 bits per heavy atom. The molecular formula is C16H8Cl10S2. The second-order valence-electron chi connectivity index (χ2n) is 5.24. The van der Waals surface area contributed by atoms with Gasteiger partial charge in [-0.25, -0.2) is 0 Å². The van der Waals surface area contributed by atoms with Gasteiger partial charge in [0.1, 0.15) is 0 Å². The number of halogens is 10. The van der Waals surface area contributed by atoms with Crippen LogP contribution in [0.5, 0.6) is 0 Å². The van der Waals surface area contributed by atoms with Gasteiger partial charge in [0, 0.05) is 11.5 Å². The molecule has 0 saturated carbocycles. The molecule has 0 fully saturated rings. The molecule has 2 rings (SSSR count). The summed E-state index contributed by atoms with van der Waals surface area (Å²) in [5.74, 6) is 1.45. The lowest BCUT2D eigenvalue weighted by Crippen LogP contribution is -1.95. The van der Waals surface area contributed by atoms with Gasteiger partial charge in [-0.1, -0.05) is 138 Å². The lowest BCUT2D eigenvalue weighted by Gasteiger charge is -2.13. The van der Waals surface area contributed by atoms with E-state index in [2.05, 4.69) is 0 Å². The van der Waals surface area contributed by atoms with Gasteiger partial charge < -0.3 is 0 Å². The predicted molar refractivity (Wildman–Crippen MR) is 135 cm³/mol. The van der Waals surface area contributed by atoms with E-state index in [1.165, 1.54) is 0 Å². The lowest BCUT2D eigenvalue weighted by molar-refractivity contribution is 1.16. The summed E-state index contributed by atoms with van der Waals surface area (Å²) in [5, 5.41) is 2.36. The number of hydrogen-bond acceptors (Lipinski definition) is 2. The smallest absolute Gasteiger partial charge is 0.0809 e. The quantitative estimate of drug-likeness (QED) is 0.131. The maximum Gasteiger partial charge on any atom is 0.0809 e. The van der Waals surface area contributed by atoms with Crippen molar-refractivity contribution in [3.63, 3.8) is 0 Å². The van der Waals surface area contributed by atoms with E-state index in [-0.39, 0.29) is 30.1 Å². The monoisotopic (exact) mass is 614 g/mol. The molecule has 2 aromatic rings. The molecule has 2 aromatic carbocycles. The van der Waals surface area contributed by atoms with Crippen molar-refractivity contribution in [2.24, 2.45) is 0 Å². The first kappa shape index (κ1) is 26.3. The van der Waals surface area contributed by atoms with Crippen molar-refractivity contribution in [2.45, 2.75) is 12.8 Å². The fourth-order valence-corrected chi connectivity index (χ4v) is 6.90. The average Bonchev–Trinajstić information content (AvgIpc) is 2.68. The van der Waals surface area contributed by atoms with Crippen molar-refractivity contribution < 1.29 is 0 Å². The van der Waals surface area contributed by atoms with Gasteiger partial charge >= 0.3 is 0 Å². The van der Waals surface area contributed by atoms with Crippen LogP contribution in [0.2, 0.25) is 50.2 Å². The molecule has 0 aliphatic rings. The van der Waals surface area contributed by atoms with Crippen molar-refractivity contribution in [1.29, 1.82) is 0 Å². The van der Waals surface area contributed by atoms with Crippen LogP contribution in [0, 0.1) is 0 Å². The molecule has 154 valence electrons. The average molecular weight is 619 g/mol. The fourth-order valence-electron chi connectivity index (χ4n) is 2.15. The molecule has 0 spiro atoms. The maximum atomic E-state index is 6.23. The van der Waals surface area contributed by atoms with Crippen molar-refractivity contribution in [2.75, 3.05) is 11.5 Å². The summed E-state index contributed by atoms with van der Waals surface area (Å²) in [6.45, 7) is 0. The molecule has 0 aromatic heterocycles. The van der Waals surface area contributed by atoms with Crippen LogP contribution in [-0.4, -0.2) is 11.5 Å². The van der Waals surface area contributed by atoms with E-state index in [1.54, 1.807) is 21.6 Å². The van der Waals surface area contributed by atoms with Gasteiger partial charge in [0.15, 0.2) is 0 Å². The highest BCUT2D eigenvalue weighted by Gasteiger charge is 2.20. The summed E-state index contributed by atoms with van der Waals surface area (Å²) in [4.78, 5) is 0. The molecule has 0 bridgehead atoms. The Hall–Kier alpha value is 2.04. The Morgan fingerprint density at radius 3 is 0.821 bits per heavy atom. The Balaban J connectivity index is 1.93. The predicted octanol–water partition coefficient (Wildman–Crippen LogP) is 11.4. The molecular weight excluding hydrogens is 611 g/mol. The van der Waals surface area contributed by atoms with Crippen LogP contribution in [0.1, 0.15) is 11.1 Å². The molecule has 0 heterocycles. The summed E-state index contributed by atoms with van der Waals surface area (Å²) in [5.41, 5.74) is 1.33. The summed E-state index contributed by atoms with van der Waals surface area (Å²) < 4.78 is 0. The van der Waals surface area contributed by atoms with Crippen LogP contribution in [0.3, 0.4) is 0 Å². The first-order valence-electron chi connectivity index (χ1n) is 7.34. The van der Waals surface area contributed by atoms with Crippen LogP contribution in [0.15, 0.2) is 0 Å². The normalized spacial score (nSPS) is 11.4. The molecule has 12 heteroatoms. The Morgan fingerprint density at radius 2 is 0.571 bits per heavy atom. The van der Waals surface area contributed by atoms with Gasteiger partial charge in [-0.05, 0) is 24.0 Å². The largest absolute Gasteiger partial charge is 0.0938 e. The van der Waals surface area contributed by atoms with Crippen LogP contribution < -0.4 is 0 Å². The van der Waals surface area contributed by atoms with Gasteiger partial charge in [0.2, 0.25) is 0 Å². The first-order chi connectivity index (χ1) is 13.1. The standard InChI is InChI=1S/C16H8Cl10S2/c17-7-5(8(18)12(22)15(25)11(7)21)1-3-27-28-4-2-6-9(19)13(23)16(26)14(24)10(6)20/h1-4H2. The third-order valence-electron chi connectivity index (χ3n) is 3.56. The fraction of sp³-hybridized carbons (Fsp3) is 0.250. The molecule has 0 aliphatic heterocycles. The van der Waals surface area contributed by atoms with Gasteiger partial charge in [-0.3, -0.25) is 0 Å².